The molecule has 1 rings (SSSR count). The SMILES string of the molecule is CC(CCO)CNS(=O)(=O)c1ccc(F)c(N)c1. The van der Waals surface area contributed by atoms with Crippen LogP contribution in [0.25, 0.3) is 0 Å². The summed E-state index contributed by atoms with van der Waals surface area (Å²) in [6.07, 6.45) is 0.508. The maximum absolute atomic E-state index is 12.9. The van der Waals surface area contributed by atoms with Crippen LogP contribution in [0.1, 0.15) is 13.3 Å². The molecule has 7 heteroatoms. The van der Waals surface area contributed by atoms with Crippen LogP contribution in [-0.4, -0.2) is 26.7 Å². The molecule has 0 heterocycles. The topological polar surface area (TPSA) is 92.4 Å². The molecule has 4 N–H and O–H groups in total. The Morgan fingerprint density at radius 2 is 2.17 bits per heavy atom. The normalized spacial score (nSPS) is 13.5. The Labute approximate surface area is 106 Å². The predicted octanol–water partition coefficient (Wildman–Crippen LogP) is 0.705. The van der Waals surface area contributed by atoms with E-state index in [1.807, 2.05) is 6.92 Å². The number of hydrogen-bond donors (Lipinski definition) is 3. The standard InChI is InChI=1S/C11H17FN2O3S/c1-8(4-5-15)7-14-18(16,17)9-2-3-10(12)11(13)6-9/h2-3,6,8,14-15H,4-5,7,13H2,1H3. The second-order valence-electron chi connectivity index (χ2n) is 4.15. The molecule has 0 aromatic heterocycles. The van der Waals surface area contributed by atoms with Crippen molar-refractivity contribution in [1.82, 2.24) is 4.72 Å². The van der Waals surface area contributed by atoms with Crippen LogP contribution in [0.2, 0.25) is 0 Å². The van der Waals surface area contributed by atoms with E-state index in [0.29, 0.717) is 6.42 Å². The molecular formula is C11H17FN2O3S. The van der Waals surface area contributed by atoms with Gasteiger partial charge in [0.15, 0.2) is 0 Å². The first-order valence-corrected chi connectivity index (χ1v) is 7.00. The fourth-order valence-corrected chi connectivity index (χ4v) is 2.55. The van der Waals surface area contributed by atoms with Crippen LogP contribution in [0.15, 0.2) is 23.1 Å². The van der Waals surface area contributed by atoms with Gasteiger partial charge in [0.2, 0.25) is 10.0 Å². The number of aliphatic hydroxyl groups is 1. The molecule has 0 aliphatic carbocycles. The largest absolute Gasteiger partial charge is 0.396 e. The van der Waals surface area contributed by atoms with Crippen LogP contribution >= 0.6 is 0 Å². The Morgan fingerprint density at radius 1 is 1.50 bits per heavy atom. The third-order valence-corrected chi connectivity index (χ3v) is 3.94. The zero-order valence-corrected chi connectivity index (χ0v) is 10.9. The first-order chi connectivity index (χ1) is 8.36. The maximum atomic E-state index is 12.9. The number of hydrogen-bond acceptors (Lipinski definition) is 4. The van der Waals surface area contributed by atoms with Gasteiger partial charge < -0.3 is 10.8 Å². The Kier molecular flexibility index (Phi) is 5.06. The number of sulfonamides is 1. The van der Waals surface area contributed by atoms with Crippen LogP contribution in [-0.2, 0) is 10.0 Å². The quantitative estimate of drug-likeness (QED) is 0.667. The number of anilines is 1. The first-order valence-electron chi connectivity index (χ1n) is 5.52. The zero-order chi connectivity index (χ0) is 13.8. The molecule has 5 nitrogen and oxygen atoms in total. The highest BCUT2D eigenvalue weighted by Gasteiger charge is 2.16. The molecule has 102 valence electrons. The molecule has 0 fully saturated rings. The minimum atomic E-state index is -3.69. The number of halogens is 1. The van der Waals surface area contributed by atoms with Gasteiger partial charge in [-0.15, -0.1) is 0 Å². The molecule has 1 aromatic carbocycles. The van der Waals surface area contributed by atoms with Crippen molar-refractivity contribution in [3.63, 3.8) is 0 Å². The van der Waals surface area contributed by atoms with Gasteiger partial charge in [-0.2, -0.15) is 0 Å². The molecule has 0 aliphatic heterocycles. The van der Waals surface area contributed by atoms with Crippen molar-refractivity contribution < 1.29 is 17.9 Å². The smallest absolute Gasteiger partial charge is 0.240 e. The average Bonchev–Trinajstić information content (AvgIpc) is 2.30. The van der Waals surface area contributed by atoms with E-state index >= 15 is 0 Å². The summed E-state index contributed by atoms with van der Waals surface area (Å²) < 4.78 is 39.0. The highest BCUT2D eigenvalue weighted by Crippen LogP contribution is 2.16. The van der Waals surface area contributed by atoms with Gasteiger partial charge in [-0.05, 0) is 30.5 Å². The Balaban J connectivity index is 2.77. The van der Waals surface area contributed by atoms with Gasteiger partial charge >= 0.3 is 0 Å². The molecule has 0 radical (unpaired) electrons. The summed E-state index contributed by atoms with van der Waals surface area (Å²) in [4.78, 5) is -0.0717. The van der Waals surface area contributed by atoms with E-state index in [2.05, 4.69) is 4.72 Å². The van der Waals surface area contributed by atoms with Crippen molar-refractivity contribution in [3.8, 4) is 0 Å². The van der Waals surface area contributed by atoms with Crippen LogP contribution in [0.4, 0.5) is 10.1 Å². The van der Waals surface area contributed by atoms with Gasteiger partial charge in [0.25, 0.3) is 0 Å². The Hall–Kier alpha value is -1.18. The number of benzene rings is 1. The number of rotatable bonds is 6. The van der Waals surface area contributed by atoms with Crippen LogP contribution < -0.4 is 10.5 Å². The van der Waals surface area contributed by atoms with Crippen molar-refractivity contribution in [3.05, 3.63) is 24.0 Å². The van der Waals surface area contributed by atoms with E-state index < -0.39 is 15.8 Å². The zero-order valence-electron chi connectivity index (χ0n) is 10.1. The summed E-state index contributed by atoms with van der Waals surface area (Å²) in [5, 5.41) is 8.71. The highest BCUT2D eigenvalue weighted by molar-refractivity contribution is 7.89. The summed E-state index contributed by atoms with van der Waals surface area (Å²) in [5.74, 6) is -0.634. The van der Waals surface area contributed by atoms with Gasteiger partial charge in [0.05, 0.1) is 10.6 Å². The minimum Gasteiger partial charge on any atom is -0.396 e. The van der Waals surface area contributed by atoms with Crippen LogP contribution in [0.3, 0.4) is 0 Å². The maximum Gasteiger partial charge on any atom is 0.240 e. The summed E-state index contributed by atoms with van der Waals surface area (Å²) in [6.45, 7) is 2.03. The lowest BCUT2D eigenvalue weighted by molar-refractivity contribution is 0.263. The van der Waals surface area contributed by atoms with E-state index in [4.69, 9.17) is 10.8 Å². The molecule has 18 heavy (non-hydrogen) atoms. The van der Waals surface area contributed by atoms with Crippen molar-refractivity contribution in [2.24, 2.45) is 5.92 Å². The lowest BCUT2D eigenvalue weighted by Crippen LogP contribution is -2.28. The van der Waals surface area contributed by atoms with Gasteiger partial charge in [-0.3, -0.25) is 0 Å². The monoisotopic (exact) mass is 276 g/mol. The van der Waals surface area contributed by atoms with E-state index in [0.717, 1.165) is 18.2 Å². The van der Waals surface area contributed by atoms with Crippen LogP contribution in [0.5, 0.6) is 0 Å². The average molecular weight is 276 g/mol. The number of aliphatic hydroxyl groups excluding tert-OH is 1. The molecule has 1 aromatic rings. The van der Waals surface area contributed by atoms with Gasteiger partial charge in [0, 0.05) is 13.2 Å². The molecular weight excluding hydrogens is 259 g/mol. The highest BCUT2D eigenvalue weighted by atomic mass is 32.2. The van der Waals surface area contributed by atoms with E-state index in [9.17, 15) is 12.8 Å². The van der Waals surface area contributed by atoms with Gasteiger partial charge in [-0.25, -0.2) is 17.5 Å². The third-order valence-electron chi connectivity index (χ3n) is 2.52. The van der Waals surface area contributed by atoms with Gasteiger partial charge in [0.1, 0.15) is 5.82 Å². The fraction of sp³-hybridized carbons (Fsp3) is 0.455. The number of nitrogens with one attached hydrogen (secondary N) is 1. The third kappa shape index (κ3) is 3.94. The molecule has 1 unspecified atom stereocenters. The number of nitrogens with two attached hydrogens (primary N) is 1. The molecule has 1 atom stereocenters. The molecule has 0 aliphatic rings. The van der Waals surface area contributed by atoms with E-state index in [1.54, 1.807) is 0 Å². The summed E-state index contributed by atoms with van der Waals surface area (Å²) >= 11 is 0. The summed E-state index contributed by atoms with van der Waals surface area (Å²) in [7, 11) is -3.69. The Morgan fingerprint density at radius 3 is 2.72 bits per heavy atom. The molecule has 0 saturated heterocycles. The van der Waals surface area contributed by atoms with Crippen molar-refractivity contribution in [2.75, 3.05) is 18.9 Å². The molecule has 0 saturated carbocycles. The molecule has 0 bridgehead atoms. The van der Waals surface area contributed by atoms with Crippen molar-refractivity contribution >= 4 is 15.7 Å². The van der Waals surface area contributed by atoms with Crippen molar-refractivity contribution in [2.45, 2.75) is 18.2 Å². The van der Waals surface area contributed by atoms with Crippen LogP contribution in [0, 0.1) is 11.7 Å². The predicted molar refractivity (Wildman–Crippen MR) is 66.9 cm³/mol. The lowest BCUT2D eigenvalue weighted by Gasteiger charge is -2.12. The second kappa shape index (κ2) is 6.12. The van der Waals surface area contributed by atoms with Gasteiger partial charge in [-0.1, -0.05) is 6.92 Å². The second-order valence-corrected chi connectivity index (χ2v) is 5.92. The summed E-state index contributed by atoms with van der Waals surface area (Å²) in [5.41, 5.74) is 5.11. The summed E-state index contributed by atoms with van der Waals surface area (Å²) in [6, 6.07) is 3.25. The van der Waals surface area contributed by atoms with E-state index in [1.165, 1.54) is 0 Å². The molecule has 0 spiro atoms. The fourth-order valence-electron chi connectivity index (χ4n) is 1.35. The lowest BCUT2D eigenvalue weighted by atomic mass is 10.1. The Bertz CT molecular complexity index is 505. The van der Waals surface area contributed by atoms with Crippen molar-refractivity contribution in [1.29, 1.82) is 0 Å². The number of nitrogen functional groups attached to an aromatic ring is 1. The first kappa shape index (κ1) is 14.9. The van der Waals surface area contributed by atoms with E-state index in [-0.39, 0.29) is 29.7 Å². The molecule has 0 amide bonds. The minimum absolute atomic E-state index is 0.00634.